The maximum Gasteiger partial charge on any atom is 0.409 e. The minimum atomic E-state index is -0.289. The summed E-state index contributed by atoms with van der Waals surface area (Å²) in [6.45, 7) is 2.62. The Kier molecular flexibility index (Phi) is 7.35. The topological polar surface area (TPSA) is 82.9 Å². The number of ether oxygens (including phenoxy) is 3. The monoisotopic (exact) mass is 465 g/mol. The third kappa shape index (κ3) is 5.16. The molecule has 0 spiro atoms. The second-order valence-electron chi connectivity index (χ2n) is 8.54. The number of methoxy groups -OCH3 is 1. The Morgan fingerprint density at radius 3 is 2.53 bits per heavy atom. The van der Waals surface area contributed by atoms with E-state index in [9.17, 15) is 9.59 Å². The summed E-state index contributed by atoms with van der Waals surface area (Å²) in [6.07, 6.45) is 4.48. The van der Waals surface area contributed by atoms with Gasteiger partial charge in [0, 0.05) is 19.2 Å². The third-order valence-electron chi connectivity index (χ3n) is 6.35. The van der Waals surface area contributed by atoms with Gasteiger partial charge in [0.15, 0.2) is 11.5 Å². The SMILES string of the molecule is CCOC(=O)N(C)C1CCC(Oc2cc3c(=O)n(Cc4ccccc4)cnc3cc2OC)CC1. The van der Waals surface area contributed by atoms with Crippen LogP contribution in [-0.4, -0.2) is 53.5 Å². The normalized spacial score (nSPS) is 17.9. The Hall–Kier alpha value is -3.55. The van der Waals surface area contributed by atoms with Crippen molar-refractivity contribution in [3.8, 4) is 11.5 Å². The molecule has 1 fully saturated rings. The predicted octanol–water partition coefficient (Wildman–Crippen LogP) is 4.23. The smallest absolute Gasteiger partial charge is 0.409 e. The molecule has 8 nitrogen and oxygen atoms in total. The summed E-state index contributed by atoms with van der Waals surface area (Å²) in [5.41, 5.74) is 1.47. The van der Waals surface area contributed by atoms with Gasteiger partial charge in [-0.3, -0.25) is 9.36 Å². The number of carbonyl (C=O) groups excluding carboxylic acids is 1. The van der Waals surface area contributed by atoms with E-state index >= 15 is 0 Å². The van der Waals surface area contributed by atoms with Crippen molar-refractivity contribution < 1.29 is 19.0 Å². The lowest BCUT2D eigenvalue weighted by molar-refractivity contribution is 0.0718. The Morgan fingerprint density at radius 2 is 1.85 bits per heavy atom. The summed E-state index contributed by atoms with van der Waals surface area (Å²) < 4.78 is 18.5. The Morgan fingerprint density at radius 1 is 1.12 bits per heavy atom. The van der Waals surface area contributed by atoms with Crippen LogP contribution in [0.1, 0.15) is 38.2 Å². The number of amides is 1. The van der Waals surface area contributed by atoms with Gasteiger partial charge in [-0.25, -0.2) is 9.78 Å². The largest absolute Gasteiger partial charge is 0.493 e. The van der Waals surface area contributed by atoms with Gasteiger partial charge in [0.25, 0.3) is 5.56 Å². The first-order chi connectivity index (χ1) is 16.5. The highest BCUT2D eigenvalue weighted by Crippen LogP contribution is 2.34. The molecule has 0 saturated heterocycles. The van der Waals surface area contributed by atoms with Crippen molar-refractivity contribution >= 4 is 17.0 Å². The molecular formula is C26H31N3O5. The first-order valence-corrected chi connectivity index (χ1v) is 11.7. The zero-order valence-corrected chi connectivity index (χ0v) is 19.9. The molecular weight excluding hydrogens is 434 g/mol. The Balaban J connectivity index is 1.51. The maximum absolute atomic E-state index is 13.2. The number of nitrogens with zero attached hydrogens (tertiary/aromatic N) is 3. The van der Waals surface area contributed by atoms with Gasteiger partial charge in [-0.15, -0.1) is 0 Å². The molecule has 0 aliphatic heterocycles. The van der Waals surface area contributed by atoms with Crippen molar-refractivity contribution in [2.75, 3.05) is 20.8 Å². The molecule has 0 bridgehead atoms. The summed E-state index contributed by atoms with van der Waals surface area (Å²) in [7, 11) is 3.36. The molecule has 1 heterocycles. The molecule has 34 heavy (non-hydrogen) atoms. The molecule has 1 amide bonds. The van der Waals surface area contributed by atoms with Crippen LogP contribution < -0.4 is 15.0 Å². The first kappa shape index (κ1) is 23.6. The van der Waals surface area contributed by atoms with E-state index in [0.29, 0.717) is 35.6 Å². The number of hydrogen-bond donors (Lipinski definition) is 0. The molecule has 0 unspecified atom stereocenters. The van der Waals surface area contributed by atoms with Crippen LogP contribution in [0.4, 0.5) is 4.79 Å². The second kappa shape index (κ2) is 10.6. The molecule has 1 aromatic heterocycles. The minimum Gasteiger partial charge on any atom is -0.493 e. The summed E-state index contributed by atoms with van der Waals surface area (Å²) in [5, 5.41) is 0.491. The lowest BCUT2D eigenvalue weighted by atomic mass is 9.92. The van der Waals surface area contributed by atoms with Crippen molar-refractivity contribution in [1.82, 2.24) is 14.5 Å². The number of fused-ring (bicyclic) bond motifs is 1. The van der Waals surface area contributed by atoms with E-state index in [1.54, 1.807) is 49.0 Å². The van der Waals surface area contributed by atoms with Crippen molar-refractivity contribution in [3.05, 3.63) is 64.7 Å². The van der Waals surface area contributed by atoms with Gasteiger partial charge in [-0.1, -0.05) is 30.3 Å². The van der Waals surface area contributed by atoms with E-state index in [4.69, 9.17) is 14.2 Å². The van der Waals surface area contributed by atoms with E-state index in [1.807, 2.05) is 30.3 Å². The van der Waals surface area contributed by atoms with E-state index in [-0.39, 0.29) is 23.8 Å². The van der Waals surface area contributed by atoms with Crippen LogP contribution in [0.2, 0.25) is 0 Å². The van der Waals surface area contributed by atoms with Crippen molar-refractivity contribution in [1.29, 1.82) is 0 Å². The van der Waals surface area contributed by atoms with E-state index in [1.165, 1.54) is 0 Å². The summed E-state index contributed by atoms with van der Waals surface area (Å²) in [4.78, 5) is 31.4. The number of hydrogen-bond acceptors (Lipinski definition) is 6. The summed E-state index contributed by atoms with van der Waals surface area (Å²) >= 11 is 0. The molecule has 0 N–H and O–H groups in total. The fourth-order valence-electron chi connectivity index (χ4n) is 4.42. The van der Waals surface area contributed by atoms with Crippen molar-refractivity contribution in [2.24, 2.45) is 0 Å². The van der Waals surface area contributed by atoms with Gasteiger partial charge >= 0.3 is 6.09 Å². The van der Waals surface area contributed by atoms with Crippen LogP contribution in [0.25, 0.3) is 10.9 Å². The van der Waals surface area contributed by atoms with Crippen LogP contribution in [0.3, 0.4) is 0 Å². The highest BCUT2D eigenvalue weighted by molar-refractivity contribution is 5.81. The zero-order chi connectivity index (χ0) is 24.1. The molecule has 0 atom stereocenters. The molecule has 1 aliphatic carbocycles. The van der Waals surface area contributed by atoms with Crippen LogP contribution in [0.5, 0.6) is 11.5 Å². The van der Waals surface area contributed by atoms with Crippen LogP contribution in [0.15, 0.2) is 53.6 Å². The quantitative estimate of drug-likeness (QED) is 0.519. The number of carbonyl (C=O) groups is 1. The highest BCUT2D eigenvalue weighted by Gasteiger charge is 2.28. The maximum atomic E-state index is 13.2. The standard InChI is InChI=1S/C26H31N3O5/c1-4-33-26(31)28(2)19-10-12-20(13-11-19)34-24-14-21-22(15-23(24)32-3)27-17-29(25(21)30)16-18-8-6-5-7-9-18/h5-9,14-15,17,19-20H,4,10-13,16H2,1-3H3. The molecule has 2 aromatic carbocycles. The van der Waals surface area contributed by atoms with E-state index in [0.717, 1.165) is 31.2 Å². The third-order valence-corrected chi connectivity index (χ3v) is 6.35. The van der Waals surface area contributed by atoms with Gasteiger partial charge in [0.05, 0.1) is 43.6 Å². The first-order valence-electron chi connectivity index (χ1n) is 11.7. The van der Waals surface area contributed by atoms with Crippen LogP contribution in [0, 0.1) is 0 Å². The van der Waals surface area contributed by atoms with Gasteiger partial charge < -0.3 is 19.1 Å². The Bertz CT molecular complexity index is 1190. The minimum absolute atomic E-state index is 0.0265. The van der Waals surface area contributed by atoms with Gasteiger partial charge in [0.2, 0.25) is 0 Å². The van der Waals surface area contributed by atoms with Crippen molar-refractivity contribution in [2.45, 2.75) is 51.3 Å². The van der Waals surface area contributed by atoms with Crippen LogP contribution >= 0.6 is 0 Å². The van der Waals surface area contributed by atoms with Gasteiger partial charge in [-0.2, -0.15) is 0 Å². The number of rotatable bonds is 7. The summed E-state index contributed by atoms with van der Waals surface area (Å²) in [5.74, 6) is 1.08. The molecule has 4 rings (SSSR count). The fourth-order valence-corrected chi connectivity index (χ4v) is 4.42. The summed E-state index contributed by atoms with van der Waals surface area (Å²) in [6, 6.07) is 13.4. The van der Waals surface area contributed by atoms with Gasteiger partial charge in [-0.05, 0) is 44.2 Å². The second-order valence-corrected chi connectivity index (χ2v) is 8.54. The van der Waals surface area contributed by atoms with E-state index in [2.05, 4.69) is 4.98 Å². The lowest BCUT2D eigenvalue weighted by Gasteiger charge is -2.34. The average molecular weight is 466 g/mol. The number of aromatic nitrogens is 2. The van der Waals surface area contributed by atoms with Crippen molar-refractivity contribution in [3.63, 3.8) is 0 Å². The predicted molar refractivity (Wildman–Crippen MR) is 130 cm³/mol. The molecule has 0 radical (unpaired) electrons. The highest BCUT2D eigenvalue weighted by atomic mass is 16.6. The van der Waals surface area contributed by atoms with Gasteiger partial charge in [0.1, 0.15) is 0 Å². The fraction of sp³-hybridized carbons (Fsp3) is 0.423. The number of benzene rings is 2. The average Bonchev–Trinajstić information content (AvgIpc) is 2.86. The zero-order valence-electron chi connectivity index (χ0n) is 19.9. The molecule has 1 aliphatic rings. The molecule has 3 aromatic rings. The molecule has 1 saturated carbocycles. The Labute approximate surface area is 199 Å². The lowest BCUT2D eigenvalue weighted by Crippen LogP contribution is -2.41. The molecule has 8 heteroatoms. The molecule has 180 valence electrons. The van der Waals surface area contributed by atoms with Crippen LogP contribution in [-0.2, 0) is 11.3 Å². The van der Waals surface area contributed by atoms with E-state index < -0.39 is 0 Å².